The van der Waals surface area contributed by atoms with Crippen LogP contribution in [0.2, 0.25) is 0 Å². The monoisotopic (exact) mass is 269 g/mol. The van der Waals surface area contributed by atoms with Crippen molar-refractivity contribution in [2.24, 2.45) is 11.7 Å². The van der Waals surface area contributed by atoms with Crippen molar-refractivity contribution >= 4 is 11.9 Å². The standard InChI is InChI=1S/C10H18O2.C5H9NO/c1-3-5-6-7-9(4-2)8-10(11)12;1-3-4(2)5(6)7/h4,9H,2-3,5-8H2,1H3,(H,11,12);3H,1-2H3,(H2,6,7). The van der Waals surface area contributed by atoms with Crippen molar-refractivity contribution in [3.63, 3.8) is 0 Å². The molecule has 0 aromatic carbocycles. The average molecular weight is 269 g/mol. The number of rotatable bonds is 8. The molecule has 1 atom stereocenters. The summed E-state index contributed by atoms with van der Waals surface area (Å²) in [5, 5.41) is 8.52. The highest BCUT2D eigenvalue weighted by Crippen LogP contribution is 2.14. The molecule has 1 amide bonds. The van der Waals surface area contributed by atoms with Crippen LogP contribution in [0.3, 0.4) is 0 Å². The quantitative estimate of drug-likeness (QED) is 0.403. The van der Waals surface area contributed by atoms with E-state index in [0.29, 0.717) is 5.57 Å². The van der Waals surface area contributed by atoms with Gasteiger partial charge in [0.2, 0.25) is 5.91 Å². The molecule has 0 spiro atoms. The number of carbonyl (C=O) groups excluding carboxylic acids is 1. The summed E-state index contributed by atoms with van der Waals surface area (Å²) < 4.78 is 0. The van der Waals surface area contributed by atoms with E-state index in [2.05, 4.69) is 13.5 Å². The molecule has 0 aliphatic heterocycles. The van der Waals surface area contributed by atoms with Crippen LogP contribution in [0.1, 0.15) is 52.9 Å². The summed E-state index contributed by atoms with van der Waals surface area (Å²) in [6.07, 6.45) is 8.10. The molecule has 0 saturated carbocycles. The van der Waals surface area contributed by atoms with Crippen LogP contribution in [0.15, 0.2) is 24.3 Å². The summed E-state index contributed by atoms with van der Waals surface area (Å²) >= 11 is 0. The van der Waals surface area contributed by atoms with Crippen molar-refractivity contribution in [2.75, 3.05) is 0 Å². The predicted molar refractivity (Wildman–Crippen MR) is 78.7 cm³/mol. The van der Waals surface area contributed by atoms with Crippen LogP contribution in [0.25, 0.3) is 0 Å². The fraction of sp³-hybridized carbons (Fsp3) is 0.600. The van der Waals surface area contributed by atoms with Crippen molar-refractivity contribution in [3.8, 4) is 0 Å². The number of amides is 1. The number of nitrogens with two attached hydrogens (primary N) is 1. The van der Waals surface area contributed by atoms with Gasteiger partial charge >= 0.3 is 5.97 Å². The van der Waals surface area contributed by atoms with E-state index < -0.39 is 5.97 Å². The molecule has 0 bridgehead atoms. The SMILES string of the molecule is C=CC(CCCCC)CC(=O)O.CC=C(C)C(N)=O. The normalized spacial score (nSPS) is 12.1. The Labute approximate surface area is 116 Å². The Morgan fingerprint density at radius 2 is 1.95 bits per heavy atom. The van der Waals surface area contributed by atoms with Gasteiger partial charge in [0.25, 0.3) is 0 Å². The van der Waals surface area contributed by atoms with E-state index >= 15 is 0 Å². The van der Waals surface area contributed by atoms with E-state index in [1.165, 1.54) is 12.8 Å². The second-order valence-corrected chi connectivity index (χ2v) is 4.43. The summed E-state index contributed by atoms with van der Waals surface area (Å²) in [5.41, 5.74) is 5.45. The molecular formula is C15H27NO3. The summed E-state index contributed by atoms with van der Waals surface area (Å²) in [6, 6.07) is 0. The third kappa shape index (κ3) is 14.4. The second kappa shape index (κ2) is 12.9. The van der Waals surface area contributed by atoms with Crippen LogP contribution >= 0.6 is 0 Å². The highest BCUT2D eigenvalue weighted by atomic mass is 16.4. The molecule has 0 aliphatic carbocycles. The first-order valence-electron chi connectivity index (χ1n) is 6.66. The highest BCUT2D eigenvalue weighted by molar-refractivity contribution is 5.91. The molecule has 0 aromatic heterocycles. The lowest BCUT2D eigenvalue weighted by molar-refractivity contribution is -0.137. The molecule has 4 nitrogen and oxygen atoms in total. The number of unbranched alkanes of at least 4 members (excludes halogenated alkanes) is 2. The van der Waals surface area contributed by atoms with E-state index in [1.807, 2.05) is 0 Å². The first-order valence-corrected chi connectivity index (χ1v) is 6.66. The van der Waals surface area contributed by atoms with Crippen molar-refractivity contribution in [1.29, 1.82) is 0 Å². The lowest BCUT2D eigenvalue weighted by Gasteiger charge is -2.07. The Hall–Kier alpha value is -1.58. The van der Waals surface area contributed by atoms with Gasteiger partial charge < -0.3 is 10.8 Å². The number of carboxylic acids is 1. The molecule has 0 saturated heterocycles. The van der Waals surface area contributed by atoms with Gasteiger partial charge in [0.15, 0.2) is 0 Å². The van der Waals surface area contributed by atoms with E-state index in [0.717, 1.165) is 12.8 Å². The number of aliphatic carboxylic acids is 1. The Kier molecular flexibility index (Phi) is 13.4. The number of hydrogen-bond acceptors (Lipinski definition) is 2. The molecule has 0 heterocycles. The van der Waals surface area contributed by atoms with Crippen LogP contribution in [-0.2, 0) is 9.59 Å². The minimum Gasteiger partial charge on any atom is -0.481 e. The lowest BCUT2D eigenvalue weighted by atomic mass is 9.98. The third-order valence-electron chi connectivity index (χ3n) is 2.77. The molecular weight excluding hydrogens is 242 g/mol. The second-order valence-electron chi connectivity index (χ2n) is 4.43. The number of carboxylic acid groups (broad SMARTS) is 1. The number of carbonyl (C=O) groups is 2. The van der Waals surface area contributed by atoms with Gasteiger partial charge in [-0.15, -0.1) is 6.58 Å². The lowest BCUT2D eigenvalue weighted by Crippen LogP contribution is -2.10. The van der Waals surface area contributed by atoms with E-state index in [9.17, 15) is 9.59 Å². The number of hydrogen-bond donors (Lipinski definition) is 2. The number of primary amides is 1. The van der Waals surface area contributed by atoms with Gasteiger partial charge in [0, 0.05) is 5.57 Å². The van der Waals surface area contributed by atoms with Crippen molar-refractivity contribution in [2.45, 2.75) is 52.9 Å². The van der Waals surface area contributed by atoms with Gasteiger partial charge in [-0.05, 0) is 26.2 Å². The van der Waals surface area contributed by atoms with Gasteiger partial charge in [-0.1, -0.05) is 38.3 Å². The average Bonchev–Trinajstić information content (AvgIpc) is 2.36. The van der Waals surface area contributed by atoms with Crippen LogP contribution in [-0.4, -0.2) is 17.0 Å². The Morgan fingerprint density at radius 1 is 1.37 bits per heavy atom. The van der Waals surface area contributed by atoms with Gasteiger partial charge in [0.1, 0.15) is 0 Å². The molecule has 1 unspecified atom stereocenters. The van der Waals surface area contributed by atoms with Gasteiger partial charge in [-0.3, -0.25) is 9.59 Å². The smallest absolute Gasteiger partial charge is 0.303 e. The number of allylic oxidation sites excluding steroid dienone is 2. The van der Waals surface area contributed by atoms with Gasteiger partial charge in [-0.25, -0.2) is 0 Å². The Balaban J connectivity index is 0. The molecule has 0 rings (SSSR count). The maximum absolute atomic E-state index is 10.4. The summed E-state index contributed by atoms with van der Waals surface area (Å²) in [7, 11) is 0. The first-order chi connectivity index (χ1) is 8.88. The van der Waals surface area contributed by atoms with Crippen molar-refractivity contribution in [1.82, 2.24) is 0 Å². The minimum absolute atomic E-state index is 0.161. The van der Waals surface area contributed by atoms with Crippen molar-refractivity contribution in [3.05, 3.63) is 24.3 Å². The summed E-state index contributed by atoms with van der Waals surface area (Å²) in [6.45, 7) is 9.23. The molecule has 0 fully saturated rings. The van der Waals surface area contributed by atoms with Crippen LogP contribution in [0.4, 0.5) is 0 Å². The van der Waals surface area contributed by atoms with Crippen LogP contribution < -0.4 is 5.73 Å². The first kappa shape index (κ1) is 19.8. The minimum atomic E-state index is -0.726. The molecule has 0 aromatic rings. The van der Waals surface area contributed by atoms with E-state index in [1.54, 1.807) is 26.0 Å². The Morgan fingerprint density at radius 3 is 2.21 bits per heavy atom. The molecule has 110 valence electrons. The molecule has 0 aliphatic rings. The maximum atomic E-state index is 10.4. The van der Waals surface area contributed by atoms with Crippen molar-refractivity contribution < 1.29 is 14.7 Å². The molecule has 19 heavy (non-hydrogen) atoms. The zero-order valence-electron chi connectivity index (χ0n) is 12.3. The summed E-state index contributed by atoms with van der Waals surface area (Å²) in [4.78, 5) is 20.4. The molecule has 3 N–H and O–H groups in total. The highest BCUT2D eigenvalue weighted by Gasteiger charge is 2.08. The zero-order chi connectivity index (χ0) is 15.3. The predicted octanol–water partition coefficient (Wildman–Crippen LogP) is 3.28. The third-order valence-corrected chi connectivity index (χ3v) is 2.77. The Bertz CT molecular complexity index is 309. The van der Waals surface area contributed by atoms with Gasteiger partial charge in [0.05, 0.1) is 6.42 Å². The van der Waals surface area contributed by atoms with Crippen LogP contribution in [0, 0.1) is 5.92 Å². The fourth-order valence-corrected chi connectivity index (χ4v) is 1.33. The fourth-order valence-electron chi connectivity index (χ4n) is 1.33. The zero-order valence-corrected chi connectivity index (χ0v) is 12.3. The molecule has 4 heteroatoms. The van der Waals surface area contributed by atoms with E-state index in [4.69, 9.17) is 10.8 Å². The maximum Gasteiger partial charge on any atom is 0.303 e. The summed E-state index contributed by atoms with van der Waals surface area (Å²) in [5.74, 6) is -0.909. The van der Waals surface area contributed by atoms with Crippen LogP contribution in [0.5, 0.6) is 0 Å². The van der Waals surface area contributed by atoms with Gasteiger partial charge in [-0.2, -0.15) is 0 Å². The largest absolute Gasteiger partial charge is 0.481 e. The molecule has 0 radical (unpaired) electrons. The topological polar surface area (TPSA) is 80.4 Å². The van der Waals surface area contributed by atoms with E-state index in [-0.39, 0.29) is 18.2 Å².